The zero-order valence-corrected chi connectivity index (χ0v) is 23.1. The Morgan fingerprint density at radius 1 is 0.780 bits per heavy atom. The molecule has 0 N–H and O–H groups in total. The van der Waals surface area contributed by atoms with Gasteiger partial charge < -0.3 is 14.4 Å². The molecule has 4 nitrogen and oxygen atoms in total. The fourth-order valence-electron chi connectivity index (χ4n) is 5.99. The van der Waals surface area contributed by atoms with Crippen LogP contribution in [0.2, 0.25) is 0 Å². The smallest absolute Gasteiger partial charge is 0.223 e. The molecule has 4 aromatic carbocycles. The van der Waals surface area contributed by atoms with Gasteiger partial charge in [0.2, 0.25) is 5.91 Å². The first-order valence-electron chi connectivity index (χ1n) is 14.1. The summed E-state index contributed by atoms with van der Waals surface area (Å²) < 4.78 is 29.6. The second-order valence-corrected chi connectivity index (χ2v) is 10.8. The molecule has 2 heterocycles. The predicted octanol–water partition coefficient (Wildman–Crippen LogP) is 7.15. The quantitative estimate of drug-likeness (QED) is 0.216. The van der Waals surface area contributed by atoms with E-state index >= 15 is 0 Å². The van der Waals surface area contributed by atoms with Gasteiger partial charge in [0, 0.05) is 67.8 Å². The molecular weight excluding hydrogens is 516 g/mol. The number of piperazine rings is 1. The van der Waals surface area contributed by atoms with Crippen molar-refractivity contribution in [3.05, 3.63) is 137 Å². The maximum absolute atomic E-state index is 13.9. The lowest BCUT2D eigenvalue weighted by molar-refractivity contribution is -0.131. The van der Waals surface area contributed by atoms with Gasteiger partial charge in [-0.25, -0.2) is 8.78 Å². The van der Waals surface area contributed by atoms with Gasteiger partial charge in [-0.3, -0.25) is 4.79 Å². The third-order valence-electron chi connectivity index (χ3n) is 8.20. The fourth-order valence-corrected chi connectivity index (χ4v) is 5.99. The number of carbonyl (C=O) groups excluding carboxylic acids is 1. The lowest BCUT2D eigenvalue weighted by Gasteiger charge is -2.37. The minimum absolute atomic E-state index is 0.0964. The summed E-state index contributed by atoms with van der Waals surface area (Å²) in [5, 5.41) is 1.06. The minimum atomic E-state index is -0.301. The molecule has 1 atom stereocenters. The molecule has 208 valence electrons. The summed E-state index contributed by atoms with van der Waals surface area (Å²) in [6, 6.07) is 29.5. The van der Waals surface area contributed by atoms with Gasteiger partial charge in [0.05, 0.1) is 0 Å². The predicted molar refractivity (Wildman–Crippen MR) is 160 cm³/mol. The van der Waals surface area contributed by atoms with E-state index in [-0.39, 0.29) is 23.5 Å². The Bertz CT molecular complexity index is 1650. The molecule has 1 aliphatic heterocycles. The Hall–Kier alpha value is -4.45. The first-order chi connectivity index (χ1) is 20.0. The summed E-state index contributed by atoms with van der Waals surface area (Å²) in [5.74, 6) is -0.706. The van der Waals surface area contributed by atoms with Crippen molar-refractivity contribution in [1.29, 1.82) is 0 Å². The molecule has 1 fully saturated rings. The number of anilines is 1. The number of benzene rings is 4. The van der Waals surface area contributed by atoms with Gasteiger partial charge in [0.15, 0.2) is 0 Å². The second kappa shape index (κ2) is 11.6. The van der Waals surface area contributed by atoms with Crippen LogP contribution in [0.25, 0.3) is 10.9 Å². The van der Waals surface area contributed by atoms with E-state index in [4.69, 9.17) is 0 Å². The number of fused-ring (bicyclic) bond motifs is 1. The highest BCUT2D eigenvalue weighted by atomic mass is 19.1. The normalized spacial score (nSPS) is 14.4. The number of para-hydroxylation sites is 2. The zero-order chi connectivity index (χ0) is 28.3. The largest absolute Gasteiger partial charge is 0.368 e. The van der Waals surface area contributed by atoms with Crippen molar-refractivity contribution in [1.82, 2.24) is 9.47 Å². The van der Waals surface area contributed by atoms with Crippen LogP contribution in [0.3, 0.4) is 0 Å². The van der Waals surface area contributed by atoms with Crippen molar-refractivity contribution in [2.75, 3.05) is 31.1 Å². The number of nitrogens with zero attached hydrogens (tertiary/aromatic N) is 3. The van der Waals surface area contributed by atoms with E-state index in [1.807, 2.05) is 23.1 Å². The number of aromatic nitrogens is 1. The van der Waals surface area contributed by atoms with Crippen LogP contribution < -0.4 is 4.90 Å². The van der Waals surface area contributed by atoms with Crippen molar-refractivity contribution in [2.24, 2.45) is 0 Å². The molecule has 0 spiro atoms. The van der Waals surface area contributed by atoms with E-state index in [0.717, 1.165) is 40.7 Å². The second-order valence-electron chi connectivity index (χ2n) is 10.8. The average molecular weight is 550 g/mol. The lowest BCUT2D eigenvalue weighted by atomic mass is 9.87. The number of aryl methyl sites for hydroxylation is 1. The monoisotopic (exact) mass is 549 g/mol. The van der Waals surface area contributed by atoms with Crippen molar-refractivity contribution in [2.45, 2.75) is 25.8 Å². The van der Waals surface area contributed by atoms with Crippen LogP contribution in [0.5, 0.6) is 0 Å². The van der Waals surface area contributed by atoms with Crippen LogP contribution in [-0.2, 0) is 11.3 Å². The molecule has 6 rings (SSSR count). The number of carbonyl (C=O) groups is 1. The Labute approximate surface area is 239 Å². The molecule has 0 bridgehead atoms. The molecule has 0 saturated carbocycles. The number of amides is 1. The van der Waals surface area contributed by atoms with Gasteiger partial charge in [-0.1, -0.05) is 60.7 Å². The number of hydrogen-bond donors (Lipinski definition) is 0. The van der Waals surface area contributed by atoms with Gasteiger partial charge in [-0.15, -0.1) is 0 Å². The highest BCUT2D eigenvalue weighted by molar-refractivity contribution is 5.87. The summed E-state index contributed by atoms with van der Waals surface area (Å²) in [4.78, 5) is 18.1. The molecule has 0 unspecified atom stereocenters. The van der Waals surface area contributed by atoms with E-state index in [0.29, 0.717) is 26.1 Å². The van der Waals surface area contributed by atoms with Gasteiger partial charge in [-0.05, 0) is 65.6 Å². The van der Waals surface area contributed by atoms with Crippen LogP contribution in [0.4, 0.5) is 14.5 Å². The lowest BCUT2D eigenvalue weighted by Crippen LogP contribution is -2.49. The SMILES string of the molecule is Cc1ccccc1N1CCN(C(=O)C[C@H](c2ccc(F)cc2)c2cn(Cc3ccc(F)cc3)c3ccccc23)CC1. The van der Waals surface area contributed by atoms with Crippen molar-refractivity contribution >= 4 is 22.5 Å². The van der Waals surface area contributed by atoms with Crippen molar-refractivity contribution in [3.63, 3.8) is 0 Å². The highest BCUT2D eigenvalue weighted by Crippen LogP contribution is 2.36. The van der Waals surface area contributed by atoms with E-state index in [9.17, 15) is 13.6 Å². The molecule has 1 aromatic heterocycles. The van der Waals surface area contributed by atoms with Gasteiger partial charge in [0.25, 0.3) is 0 Å². The van der Waals surface area contributed by atoms with E-state index in [1.165, 1.54) is 35.5 Å². The molecule has 1 aliphatic rings. The highest BCUT2D eigenvalue weighted by Gasteiger charge is 2.28. The average Bonchev–Trinajstić information content (AvgIpc) is 3.36. The maximum atomic E-state index is 13.9. The van der Waals surface area contributed by atoms with Crippen LogP contribution in [-0.4, -0.2) is 41.6 Å². The van der Waals surface area contributed by atoms with Crippen LogP contribution in [0.15, 0.2) is 103 Å². The molecular formula is C35H33F2N3O. The Morgan fingerprint density at radius 3 is 2.12 bits per heavy atom. The van der Waals surface area contributed by atoms with E-state index in [2.05, 4.69) is 52.9 Å². The van der Waals surface area contributed by atoms with Gasteiger partial charge in [0.1, 0.15) is 11.6 Å². The van der Waals surface area contributed by atoms with E-state index in [1.54, 1.807) is 24.3 Å². The van der Waals surface area contributed by atoms with Gasteiger partial charge >= 0.3 is 0 Å². The fraction of sp³-hybridized carbons (Fsp3) is 0.229. The zero-order valence-electron chi connectivity index (χ0n) is 23.1. The van der Waals surface area contributed by atoms with Crippen LogP contribution >= 0.6 is 0 Å². The molecule has 1 amide bonds. The number of halogens is 2. The summed E-state index contributed by atoms with van der Waals surface area (Å²) in [6.07, 6.45) is 2.39. The molecule has 6 heteroatoms. The van der Waals surface area contributed by atoms with Crippen molar-refractivity contribution < 1.29 is 13.6 Å². The van der Waals surface area contributed by atoms with Crippen LogP contribution in [0.1, 0.15) is 34.6 Å². The number of hydrogen-bond acceptors (Lipinski definition) is 2. The Balaban J connectivity index is 1.29. The molecule has 0 radical (unpaired) electrons. The molecule has 0 aliphatic carbocycles. The standard InChI is InChI=1S/C35H33F2N3O/c1-25-6-2-4-8-33(25)38-18-20-39(21-19-38)35(41)22-31(27-12-16-29(37)17-13-27)32-24-40(34-9-5-3-7-30(32)34)23-26-10-14-28(36)15-11-26/h2-17,24,31H,18-23H2,1H3/t31-/m1/s1. The number of rotatable bonds is 7. The summed E-state index contributed by atoms with van der Waals surface area (Å²) in [6.45, 7) is 5.59. The summed E-state index contributed by atoms with van der Waals surface area (Å²) in [5.41, 5.74) is 6.42. The topological polar surface area (TPSA) is 28.5 Å². The maximum Gasteiger partial charge on any atom is 0.223 e. The van der Waals surface area contributed by atoms with Crippen molar-refractivity contribution in [3.8, 4) is 0 Å². The van der Waals surface area contributed by atoms with Gasteiger partial charge in [-0.2, -0.15) is 0 Å². The van der Waals surface area contributed by atoms with E-state index < -0.39 is 0 Å². The summed E-state index contributed by atoms with van der Waals surface area (Å²) >= 11 is 0. The molecule has 1 saturated heterocycles. The Kier molecular flexibility index (Phi) is 7.55. The summed E-state index contributed by atoms with van der Waals surface area (Å²) in [7, 11) is 0. The molecule has 41 heavy (non-hydrogen) atoms. The first-order valence-corrected chi connectivity index (χ1v) is 14.1. The third-order valence-corrected chi connectivity index (χ3v) is 8.20. The third kappa shape index (κ3) is 5.73. The first kappa shape index (κ1) is 26.8. The molecule has 5 aromatic rings. The minimum Gasteiger partial charge on any atom is -0.368 e. The Morgan fingerprint density at radius 2 is 1.41 bits per heavy atom. The van der Waals surface area contributed by atoms with Crippen LogP contribution in [0, 0.1) is 18.6 Å².